The number of hydrogen-bond donors (Lipinski definition) is 0. The molecule has 1 aliphatic heterocycles. The molecule has 0 saturated heterocycles. The number of nitrogens with zero attached hydrogens (tertiary/aromatic N) is 2. The number of carbonyl (C=O) groups is 2. The molecule has 0 aliphatic carbocycles. The normalized spacial score (nSPS) is 17.3. The second-order valence-electron chi connectivity index (χ2n) is 9.20. The van der Waals surface area contributed by atoms with Crippen molar-refractivity contribution in [3.05, 3.63) is 89.5 Å². The summed E-state index contributed by atoms with van der Waals surface area (Å²) in [6.07, 6.45) is 0.643. The van der Waals surface area contributed by atoms with E-state index in [0.717, 1.165) is 16.9 Å². The first-order valence-electron chi connectivity index (χ1n) is 11.8. The van der Waals surface area contributed by atoms with Crippen LogP contribution in [0.5, 0.6) is 5.75 Å². The number of carbonyl (C=O) groups excluding carboxylic acids is 2. The van der Waals surface area contributed by atoms with E-state index in [1.165, 1.54) is 5.56 Å². The fourth-order valence-corrected chi connectivity index (χ4v) is 4.81. The molecule has 1 aliphatic rings. The van der Waals surface area contributed by atoms with Crippen LogP contribution in [0.4, 0.5) is 11.4 Å². The van der Waals surface area contributed by atoms with Crippen molar-refractivity contribution < 1.29 is 14.3 Å². The molecule has 0 spiro atoms. The minimum atomic E-state index is -0.159. The predicted octanol–water partition coefficient (Wildman–Crippen LogP) is 6.35. The lowest BCUT2D eigenvalue weighted by Crippen LogP contribution is -2.47. The van der Waals surface area contributed by atoms with Crippen LogP contribution < -0.4 is 14.5 Å². The molecule has 1 heterocycles. The molecule has 0 aromatic heterocycles. The molecule has 5 heteroatoms. The molecule has 2 unspecified atom stereocenters. The second kappa shape index (κ2) is 9.72. The maximum absolute atomic E-state index is 13.6. The predicted molar refractivity (Wildman–Crippen MR) is 137 cm³/mol. The fraction of sp³-hybridized carbons (Fsp3) is 0.310. The van der Waals surface area contributed by atoms with Crippen LogP contribution in [0.3, 0.4) is 0 Å². The number of ether oxygens (including phenoxy) is 1. The van der Waals surface area contributed by atoms with Gasteiger partial charge in [-0.1, -0.05) is 44.2 Å². The first-order chi connectivity index (χ1) is 16.3. The summed E-state index contributed by atoms with van der Waals surface area (Å²) in [6.45, 7) is 7.97. The van der Waals surface area contributed by atoms with Crippen molar-refractivity contribution in [3.8, 4) is 5.75 Å². The molecule has 176 valence electrons. The summed E-state index contributed by atoms with van der Waals surface area (Å²) in [7, 11) is 1.61. The largest absolute Gasteiger partial charge is 0.497 e. The number of anilines is 2. The van der Waals surface area contributed by atoms with Crippen molar-refractivity contribution in [2.45, 2.75) is 52.1 Å². The van der Waals surface area contributed by atoms with Crippen molar-refractivity contribution in [2.75, 3.05) is 16.9 Å². The minimum absolute atomic E-state index is 0.0146. The van der Waals surface area contributed by atoms with E-state index in [1.54, 1.807) is 38.3 Å². The third kappa shape index (κ3) is 4.43. The lowest BCUT2D eigenvalue weighted by molar-refractivity contribution is -0.117. The highest BCUT2D eigenvalue weighted by Gasteiger charge is 2.38. The van der Waals surface area contributed by atoms with Gasteiger partial charge in [-0.2, -0.15) is 0 Å². The van der Waals surface area contributed by atoms with Gasteiger partial charge >= 0.3 is 0 Å². The Bertz CT molecular complexity index is 1170. The van der Waals surface area contributed by atoms with Crippen LogP contribution in [-0.4, -0.2) is 25.0 Å². The van der Waals surface area contributed by atoms with Crippen LogP contribution in [-0.2, 0) is 4.79 Å². The van der Waals surface area contributed by atoms with Crippen LogP contribution in [0, 0.1) is 0 Å². The van der Waals surface area contributed by atoms with Crippen molar-refractivity contribution >= 4 is 23.2 Å². The zero-order valence-corrected chi connectivity index (χ0v) is 20.5. The van der Waals surface area contributed by atoms with E-state index >= 15 is 0 Å². The highest BCUT2D eigenvalue weighted by molar-refractivity contribution is 6.07. The lowest BCUT2D eigenvalue weighted by Gasteiger charge is -2.43. The fourth-order valence-electron chi connectivity index (χ4n) is 4.81. The first kappa shape index (κ1) is 23.6. The lowest BCUT2D eigenvalue weighted by atomic mass is 9.89. The molecule has 3 aromatic rings. The summed E-state index contributed by atoms with van der Waals surface area (Å²) in [5.74, 6) is 1.06. The van der Waals surface area contributed by atoms with Gasteiger partial charge in [-0.15, -0.1) is 0 Å². The number of para-hydroxylation sites is 1. The van der Waals surface area contributed by atoms with E-state index in [2.05, 4.69) is 26.0 Å². The maximum atomic E-state index is 13.6. The average Bonchev–Trinajstić information content (AvgIpc) is 2.84. The Labute approximate surface area is 202 Å². The summed E-state index contributed by atoms with van der Waals surface area (Å²) in [6, 6.07) is 23.1. The summed E-state index contributed by atoms with van der Waals surface area (Å²) >= 11 is 0. The SMILES string of the molecule is COc1ccc(C(=O)N2c3ccccc3C(N(C(C)=O)c3ccc(C(C)C)cc3)CC2C)cc1. The molecule has 34 heavy (non-hydrogen) atoms. The van der Waals surface area contributed by atoms with Crippen LogP contribution >= 0.6 is 0 Å². The number of methoxy groups -OCH3 is 1. The molecule has 0 fully saturated rings. The third-order valence-electron chi connectivity index (χ3n) is 6.61. The summed E-state index contributed by atoms with van der Waals surface area (Å²) in [4.78, 5) is 30.2. The van der Waals surface area contributed by atoms with Crippen molar-refractivity contribution in [1.82, 2.24) is 0 Å². The molecular formula is C29H32N2O3. The molecule has 2 amide bonds. The number of hydrogen-bond acceptors (Lipinski definition) is 3. The van der Waals surface area contributed by atoms with E-state index in [9.17, 15) is 9.59 Å². The van der Waals surface area contributed by atoms with Gasteiger partial charge in [0, 0.05) is 29.9 Å². The van der Waals surface area contributed by atoms with Crippen LogP contribution in [0.2, 0.25) is 0 Å². The van der Waals surface area contributed by atoms with Gasteiger partial charge in [0.2, 0.25) is 5.91 Å². The molecule has 0 N–H and O–H groups in total. The Kier molecular flexibility index (Phi) is 6.73. The minimum Gasteiger partial charge on any atom is -0.497 e. The van der Waals surface area contributed by atoms with E-state index in [-0.39, 0.29) is 23.9 Å². The number of amides is 2. The second-order valence-corrected chi connectivity index (χ2v) is 9.20. The molecule has 0 bridgehead atoms. The molecule has 2 atom stereocenters. The smallest absolute Gasteiger partial charge is 0.258 e. The van der Waals surface area contributed by atoms with Crippen molar-refractivity contribution in [2.24, 2.45) is 0 Å². The number of rotatable bonds is 5. The van der Waals surface area contributed by atoms with Crippen LogP contribution in [0.1, 0.15) is 67.6 Å². The number of benzene rings is 3. The zero-order chi connectivity index (χ0) is 24.4. The van der Waals surface area contributed by atoms with Gasteiger partial charge in [-0.05, 0) is 72.9 Å². The van der Waals surface area contributed by atoms with Gasteiger partial charge in [-0.3, -0.25) is 9.59 Å². The van der Waals surface area contributed by atoms with E-state index < -0.39 is 0 Å². The van der Waals surface area contributed by atoms with Gasteiger partial charge in [0.25, 0.3) is 5.91 Å². The molecule has 3 aromatic carbocycles. The van der Waals surface area contributed by atoms with Crippen molar-refractivity contribution in [1.29, 1.82) is 0 Å². The van der Waals surface area contributed by atoms with E-state index in [4.69, 9.17) is 4.74 Å². The van der Waals surface area contributed by atoms with E-state index in [1.807, 2.05) is 53.1 Å². The highest BCUT2D eigenvalue weighted by Crippen LogP contribution is 2.43. The average molecular weight is 457 g/mol. The highest BCUT2D eigenvalue weighted by atomic mass is 16.5. The zero-order valence-electron chi connectivity index (χ0n) is 20.5. The summed E-state index contributed by atoms with van der Waals surface area (Å²) in [5.41, 5.74) is 4.54. The summed E-state index contributed by atoms with van der Waals surface area (Å²) < 4.78 is 5.23. The topological polar surface area (TPSA) is 49.9 Å². The molecule has 5 nitrogen and oxygen atoms in total. The van der Waals surface area contributed by atoms with Gasteiger partial charge in [-0.25, -0.2) is 0 Å². The molecule has 0 radical (unpaired) electrons. The standard InChI is InChI=1S/C29H32N2O3/c1-19(2)22-10-14-24(15-11-22)31(21(4)32)28-18-20(3)30(27-9-7-6-8-26(27)28)29(33)23-12-16-25(34-5)17-13-23/h6-17,19-20,28H,18H2,1-5H3. The van der Waals surface area contributed by atoms with Gasteiger partial charge in [0.15, 0.2) is 0 Å². The quantitative estimate of drug-likeness (QED) is 0.449. The third-order valence-corrected chi connectivity index (χ3v) is 6.61. The monoisotopic (exact) mass is 456 g/mol. The Hall–Kier alpha value is -3.60. The Balaban J connectivity index is 1.73. The molecule has 4 rings (SSSR count). The van der Waals surface area contributed by atoms with E-state index in [0.29, 0.717) is 23.7 Å². The Morgan fingerprint density at radius 1 is 0.971 bits per heavy atom. The van der Waals surface area contributed by atoms with Crippen LogP contribution in [0.15, 0.2) is 72.8 Å². The first-order valence-corrected chi connectivity index (χ1v) is 11.8. The maximum Gasteiger partial charge on any atom is 0.258 e. The van der Waals surface area contributed by atoms with Crippen molar-refractivity contribution in [3.63, 3.8) is 0 Å². The van der Waals surface area contributed by atoms with Gasteiger partial charge in [0.1, 0.15) is 5.75 Å². The van der Waals surface area contributed by atoms with Gasteiger partial charge < -0.3 is 14.5 Å². The number of fused-ring (bicyclic) bond motifs is 1. The Morgan fingerprint density at radius 2 is 1.62 bits per heavy atom. The summed E-state index contributed by atoms with van der Waals surface area (Å²) in [5, 5.41) is 0. The molecule has 0 saturated carbocycles. The van der Waals surface area contributed by atoms with Crippen LogP contribution in [0.25, 0.3) is 0 Å². The van der Waals surface area contributed by atoms with Gasteiger partial charge in [0.05, 0.1) is 13.2 Å². The Morgan fingerprint density at radius 3 is 2.21 bits per heavy atom. The molecular weight excluding hydrogens is 424 g/mol.